The van der Waals surface area contributed by atoms with E-state index >= 15 is 0 Å². The predicted octanol–water partition coefficient (Wildman–Crippen LogP) is 6.92. The molecule has 1 aliphatic rings. The lowest BCUT2D eigenvalue weighted by Crippen LogP contribution is -2.40. The van der Waals surface area contributed by atoms with Crippen LogP contribution in [0.15, 0.2) is 60.0 Å². The second kappa shape index (κ2) is 9.52. The van der Waals surface area contributed by atoms with Gasteiger partial charge in [-0.1, -0.05) is 17.7 Å². The third-order valence-electron chi connectivity index (χ3n) is 6.77. The van der Waals surface area contributed by atoms with Crippen LogP contribution in [0.3, 0.4) is 0 Å². The van der Waals surface area contributed by atoms with Crippen LogP contribution in [0, 0.1) is 6.92 Å². The number of aryl methyl sites for hydroxylation is 1. The smallest absolute Gasteiger partial charge is 0.264 e. The number of methoxy groups -OCH3 is 2. The summed E-state index contributed by atoms with van der Waals surface area (Å²) in [6.45, 7) is 2.58. The molecule has 0 aliphatic carbocycles. The molecule has 1 amide bonds. The minimum Gasteiger partial charge on any atom is -0.493 e. The average molecular weight is 550 g/mol. The van der Waals surface area contributed by atoms with Crippen molar-refractivity contribution in [3.8, 4) is 17.2 Å². The predicted molar refractivity (Wildman–Crippen MR) is 149 cm³/mol. The Morgan fingerprint density at radius 3 is 2.54 bits per heavy atom. The van der Waals surface area contributed by atoms with Crippen molar-refractivity contribution in [3.05, 3.63) is 91.6 Å². The number of carbonyl (C=O) groups excluding carboxylic acids is 1. The number of benzene rings is 2. The van der Waals surface area contributed by atoms with E-state index in [0.29, 0.717) is 27.9 Å². The highest BCUT2D eigenvalue weighted by Gasteiger charge is 2.35. The zero-order chi connectivity index (χ0) is 25.7. The molecule has 4 heterocycles. The second-order valence-corrected chi connectivity index (χ2v) is 11.3. The summed E-state index contributed by atoms with van der Waals surface area (Å²) in [6.07, 6.45) is 0.742. The first-order chi connectivity index (χ1) is 18.0. The summed E-state index contributed by atoms with van der Waals surface area (Å²) in [5.41, 5.74) is 4.04. The maximum atomic E-state index is 14.1. The van der Waals surface area contributed by atoms with Crippen LogP contribution in [0.1, 0.15) is 37.4 Å². The van der Waals surface area contributed by atoms with Gasteiger partial charge >= 0.3 is 0 Å². The normalized spacial score (nSPS) is 15.1. The third-order valence-corrected chi connectivity index (χ3v) is 9.05. The van der Waals surface area contributed by atoms with E-state index in [2.05, 4.69) is 11.4 Å². The molecule has 188 valence electrons. The van der Waals surface area contributed by atoms with Crippen LogP contribution in [0.5, 0.6) is 11.5 Å². The van der Waals surface area contributed by atoms with Gasteiger partial charge in [0.25, 0.3) is 5.91 Å². The molecule has 0 unspecified atom stereocenters. The van der Waals surface area contributed by atoms with Crippen molar-refractivity contribution in [1.29, 1.82) is 0 Å². The lowest BCUT2D eigenvalue weighted by molar-refractivity contribution is 0.0702. The molecule has 0 radical (unpaired) electrons. The lowest BCUT2D eigenvalue weighted by Gasteiger charge is -2.37. The fourth-order valence-electron chi connectivity index (χ4n) is 4.97. The number of halogens is 1. The molecule has 37 heavy (non-hydrogen) atoms. The third kappa shape index (κ3) is 4.09. The summed E-state index contributed by atoms with van der Waals surface area (Å²) in [5, 5.41) is 8.43. The van der Waals surface area contributed by atoms with Crippen LogP contribution in [0.4, 0.5) is 0 Å². The molecule has 0 fully saturated rings. The van der Waals surface area contributed by atoms with Gasteiger partial charge in [-0.25, -0.2) is 4.68 Å². The van der Waals surface area contributed by atoms with Gasteiger partial charge in [0.05, 0.1) is 36.5 Å². The van der Waals surface area contributed by atoms with Crippen LogP contribution in [-0.4, -0.2) is 41.4 Å². The first-order valence-corrected chi connectivity index (χ1v) is 13.9. The van der Waals surface area contributed by atoms with Crippen molar-refractivity contribution < 1.29 is 14.3 Å². The molecule has 1 atom stereocenters. The Kier molecular flexibility index (Phi) is 6.18. The quantitative estimate of drug-likeness (QED) is 0.239. The van der Waals surface area contributed by atoms with Gasteiger partial charge in [0, 0.05) is 21.8 Å². The Labute approximate surface area is 227 Å². The number of aromatic nitrogens is 2. The lowest BCUT2D eigenvalue weighted by atomic mass is 9.90. The molecule has 0 bridgehead atoms. The van der Waals surface area contributed by atoms with Crippen LogP contribution in [0.2, 0.25) is 5.02 Å². The largest absolute Gasteiger partial charge is 0.493 e. The molecule has 0 spiro atoms. The summed E-state index contributed by atoms with van der Waals surface area (Å²) in [6, 6.07) is 17.5. The summed E-state index contributed by atoms with van der Waals surface area (Å²) in [4.78, 5) is 18.8. The number of fused-ring (bicyclic) bond motifs is 2. The molecule has 9 heteroatoms. The van der Waals surface area contributed by atoms with Crippen LogP contribution < -0.4 is 9.47 Å². The molecule has 0 saturated carbocycles. The molecular weight excluding hydrogens is 526 g/mol. The Balaban J connectivity index is 1.43. The Morgan fingerprint density at radius 1 is 1.08 bits per heavy atom. The minimum absolute atomic E-state index is 0.0158. The van der Waals surface area contributed by atoms with Crippen molar-refractivity contribution in [2.75, 3.05) is 20.8 Å². The topological polar surface area (TPSA) is 56.6 Å². The summed E-state index contributed by atoms with van der Waals surface area (Å²) < 4.78 is 13.0. The SMILES string of the molecule is COc1cc2c(cc1OC)[C@@H](c1cccs1)N(C(=O)c1cc3c(C)nn(-c4ccc(Cl)cc4)c3s1)CC2. The van der Waals surface area contributed by atoms with E-state index in [1.165, 1.54) is 16.9 Å². The molecule has 2 aromatic carbocycles. The van der Waals surface area contributed by atoms with Gasteiger partial charge in [-0.2, -0.15) is 5.10 Å². The summed E-state index contributed by atoms with van der Waals surface area (Å²) >= 11 is 9.22. The Hall–Kier alpha value is -3.33. The number of thiophene rings is 2. The van der Waals surface area contributed by atoms with Gasteiger partial charge in [-0.05, 0) is 78.4 Å². The molecule has 6 nitrogen and oxygen atoms in total. The molecule has 5 aromatic rings. The van der Waals surface area contributed by atoms with E-state index < -0.39 is 0 Å². The standard InChI is InChI=1S/C28H24ClN3O3S2/c1-16-20-15-25(37-28(20)32(30-16)19-8-6-18(29)7-9-19)27(33)31-11-10-17-13-22(34-2)23(35-3)14-21(17)26(31)24-5-4-12-36-24/h4-9,12-15,26H,10-11H2,1-3H3/t26-/m0/s1. The van der Waals surface area contributed by atoms with Crippen molar-refractivity contribution in [1.82, 2.24) is 14.7 Å². The van der Waals surface area contributed by atoms with Gasteiger partial charge in [0.2, 0.25) is 0 Å². The molecule has 6 rings (SSSR count). The van der Waals surface area contributed by atoms with E-state index in [9.17, 15) is 4.79 Å². The van der Waals surface area contributed by atoms with E-state index in [1.54, 1.807) is 25.6 Å². The number of ether oxygens (including phenoxy) is 2. The van der Waals surface area contributed by atoms with Gasteiger partial charge in [0.1, 0.15) is 4.83 Å². The van der Waals surface area contributed by atoms with Crippen LogP contribution in [0.25, 0.3) is 15.9 Å². The first-order valence-electron chi connectivity index (χ1n) is 11.8. The highest BCUT2D eigenvalue weighted by molar-refractivity contribution is 7.20. The fourth-order valence-corrected chi connectivity index (χ4v) is 7.09. The zero-order valence-electron chi connectivity index (χ0n) is 20.5. The molecule has 3 aromatic heterocycles. The molecule has 0 N–H and O–H groups in total. The van der Waals surface area contributed by atoms with Crippen molar-refractivity contribution >= 4 is 50.4 Å². The highest BCUT2D eigenvalue weighted by Crippen LogP contribution is 2.43. The van der Waals surface area contributed by atoms with Crippen molar-refractivity contribution in [3.63, 3.8) is 0 Å². The maximum Gasteiger partial charge on any atom is 0.264 e. The van der Waals surface area contributed by atoms with E-state index in [0.717, 1.165) is 38.5 Å². The molecular formula is C28H24ClN3O3S2. The van der Waals surface area contributed by atoms with E-state index in [1.807, 2.05) is 65.0 Å². The Morgan fingerprint density at radius 2 is 1.84 bits per heavy atom. The number of hydrogen-bond acceptors (Lipinski definition) is 6. The number of rotatable bonds is 5. The fraction of sp³-hybridized carbons (Fsp3) is 0.214. The number of hydrogen-bond donors (Lipinski definition) is 0. The maximum absolute atomic E-state index is 14.1. The minimum atomic E-state index is -0.199. The Bertz CT molecular complexity index is 1610. The highest BCUT2D eigenvalue weighted by atomic mass is 35.5. The summed E-state index contributed by atoms with van der Waals surface area (Å²) in [7, 11) is 3.29. The molecule has 0 saturated heterocycles. The number of amides is 1. The van der Waals surface area contributed by atoms with E-state index in [4.69, 9.17) is 26.2 Å². The number of nitrogens with zero attached hydrogens (tertiary/aromatic N) is 3. The van der Waals surface area contributed by atoms with E-state index in [-0.39, 0.29) is 11.9 Å². The second-order valence-electron chi connectivity index (χ2n) is 8.88. The van der Waals surface area contributed by atoms with Gasteiger partial charge < -0.3 is 14.4 Å². The van der Waals surface area contributed by atoms with Crippen LogP contribution >= 0.6 is 34.3 Å². The monoisotopic (exact) mass is 549 g/mol. The zero-order valence-corrected chi connectivity index (χ0v) is 22.9. The van der Waals surface area contributed by atoms with Gasteiger partial charge in [-0.15, -0.1) is 22.7 Å². The van der Waals surface area contributed by atoms with Gasteiger partial charge in [0.15, 0.2) is 11.5 Å². The number of carbonyl (C=O) groups is 1. The van der Waals surface area contributed by atoms with Crippen molar-refractivity contribution in [2.24, 2.45) is 0 Å². The first kappa shape index (κ1) is 24.0. The van der Waals surface area contributed by atoms with Crippen LogP contribution in [-0.2, 0) is 6.42 Å². The average Bonchev–Trinajstić information content (AvgIpc) is 3.66. The van der Waals surface area contributed by atoms with Crippen molar-refractivity contribution in [2.45, 2.75) is 19.4 Å². The summed E-state index contributed by atoms with van der Waals surface area (Å²) in [5.74, 6) is 1.39. The van der Waals surface area contributed by atoms with Gasteiger partial charge in [-0.3, -0.25) is 4.79 Å². The molecule has 1 aliphatic heterocycles.